The van der Waals surface area contributed by atoms with Crippen molar-refractivity contribution in [2.24, 2.45) is 0 Å². The summed E-state index contributed by atoms with van der Waals surface area (Å²) < 4.78 is 6.54. The van der Waals surface area contributed by atoms with Gasteiger partial charge in [-0.1, -0.05) is 39.7 Å². The standard InChI is InChI=1S/C15H14BrClO2/c1-9-3-6-15(14(17)7-9)19-11-4-5-12(10(2)18)13(16)8-11/h3-8,10,18H,1-2H3/t10-/m0/s1. The van der Waals surface area contributed by atoms with Gasteiger partial charge in [0.1, 0.15) is 11.5 Å². The molecule has 0 aliphatic rings. The fraction of sp³-hybridized carbons (Fsp3) is 0.200. The van der Waals surface area contributed by atoms with Gasteiger partial charge in [0, 0.05) is 4.47 Å². The summed E-state index contributed by atoms with van der Waals surface area (Å²) in [5.41, 5.74) is 1.91. The van der Waals surface area contributed by atoms with E-state index >= 15 is 0 Å². The highest BCUT2D eigenvalue weighted by molar-refractivity contribution is 9.10. The third-order valence-electron chi connectivity index (χ3n) is 2.74. The van der Waals surface area contributed by atoms with E-state index in [4.69, 9.17) is 16.3 Å². The lowest BCUT2D eigenvalue weighted by Crippen LogP contribution is -1.93. The smallest absolute Gasteiger partial charge is 0.146 e. The van der Waals surface area contributed by atoms with Crippen molar-refractivity contribution >= 4 is 27.5 Å². The molecule has 0 spiro atoms. The number of hydrogen-bond donors (Lipinski definition) is 1. The molecule has 0 aliphatic carbocycles. The van der Waals surface area contributed by atoms with E-state index in [-0.39, 0.29) is 0 Å². The number of aliphatic hydroxyl groups is 1. The van der Waals surface area contributed by atoms with E-state index in [1.54, 1.807) is 6.92 Å². The summed E-state index contributed by atoms with van der Waals surface area (Å²) in [5.74, 6) is 1.28. The number of aliphatic hydroxyl groups excluding tert-OH is 1. The highest BCUT2D eigenvalue weighted by Crippen LogP contribution is 2.33. The lowest BCUT2D eigenvalue weighted by molar-refractivity contribution is 0.198. The first kappa shape index (κ1) is 14.4. The molecule has 2 nitrogen and oxygen atoms in total. The lowest BCUT2D eigenvalue weighted by Gasteiger charge is -2.11. The first-order valence-corrected chi connectivity index (χ1v) is 7.06. The van der Waals surface area contributed by atoms with Gasteiger partial charge in [0.2, 0.25) is 0 Å². The van der Waals surface area contributed by atoms with Crippen LogP contribution in [0.4, 0.5) is 0 Å². The molecule has 0 saturated heterocycles. The maximum Gasteiger partial charge on any atom is 0.146 e. The number of aryl methyl sites for hydroxylation is 1. The van der Waals surface area contributed by atoms with Crippen molar-refractivity contribution in [3.05, 3.63) is 57.0 Å². The van der Waals surface area contributed by atoms with E-state index in [0.29, 0.717) is 16.5 Å². The van der Waals surface area contributed by atoms with E-state index < -0.39 is 6.10 Å². The molecule has 0 fully saturated rings. The molecule has 0 unspecified atom stereocenters. The molecule has 100 valence electrons. The molecule has 4 heteroatoms. The number of ether oxygens (including phenoxy) is 1. The molecule has 0 aliphatic heterocycles. The zero-order chi connectivity index (χ0) is 14.0. The Morgan fingerprint density at radius 2 is 1.95 bits per heavy atom. The molecule has 1 N–H and O–H groups in total. The Morgan fingerprint density at radius 3 is 2.53 bits per heavy atom. The average Bonchev–Trinajstić information content (AvgIpc) is 2.32. The Labute approximate surface area is 126 Å². The van der Waals surface area contributed by atoms with Gasteiger partial charge in [-0.3, -0.25) is 0 Å². The summed E-state index contributed by atoms with van der Waals surface area (Å²) >= 11 is 9.54. The Hall–Kier alpha value is -1.03. The number of rotatable bonds is 3. The van der Waals surface area contributed by atoms with Crippen LogP contribution in [-0.2, 0) is 0 Å². The number of benzene rings is 2. The Balaban J connectivity index is 2.26. The van der Waals surface area contributed by atoms with E-state index in [1.165, 1.54) is 0 Å². The first-order chi connectivity index (χ1) is 8.97. The SMILES string of the molecule is Cc1ccc(Oc2ccc([C@H](C)O)c(Br)c2)c(Cl)c1. The quantitative estimate of drug-likeness (QED) is 0.825. The molecule has 1 atom stereocenters. The van der Waals surface area contributed by atoms with Gasteiger partial charge in [0.25, 0.3) is 0 Å². The molecule has 2 aromatic carbocycles. The number of halogens is 2. The highest BCUT2D eigenvalue weighted by atomic mass is 79.9. The Bertz CT molecular complexity index is 597. The van der Waals surface area contributed by atoms with Crippen LogP contribution in [0.25, 0.3) is 0 Å². The van der Waals surface area contributed by atoms with Crippen molar-refractivity contribution in [3.63, 3.8) is 0 Å². The van der Waals surface area contributed by atoms with Crippen LogP contribution in [0.5, 0.6) is 11.5 Å². The Kier molecular flexibility index (Phi) is 4.50. The minimum absolute atomic E-state index is 0.522. The van der Waals surface area contributed by atoms with E-state index in [0.717, 1.165) is 15.6 Å². The van der Waals surface area contributed by atoms with Gasteiger partial charge in [0.05, 0.1) is 11.1 Å². The van der Waals surface area contributed by atoms with Crippen LogP contribution >= 0.6 is 27.5 Å². The summed E-state index contributed by atoms with van der Waals surface area (Å²) in [5, 5.41) is 10.1. The van der Waals surface area contributed by atoms with Crippen LogP contribution in [0.3, 0.4) is 0 Å². The van der Waals surface area contributed by atoms with Crippen molar-refractivity contribution in [1.82, 2.24) is 0 Å². The van der Waals surface area contributed by atoms with Crippen molar-refractivity contribution in [2.75, 3.05) is 0 Å². The fourth-order valence-corrected chi connectivity index (χ4v) is 2.69. The first-order valence-electron chi connectivity index (χ1n) is 5.89. The third-order valence-corrected chi connectivity index (χ3v) is 3.72. The summed E-state index contributed by atoms with van der Waals surface area (Å²) in [6.07, 6.45) is -0.522. The molecule has 0 heterocycles. The van der Waals surface area contributed by atoms with Crippen LogP contribution in [0.1, 0.15) is 24.2 Å². The second kappa shape index (κ2) is 5.95. The normalized spacial score (nSPS) is 12.3. The molecule has 2 aromatic rings. The molecule has 19 heavy (non-hydrogen) atoms. The van der Waals surface area contributed by atoms with Crippen molar-refractivity contribution in [1.29, 1.82) is 0 Å². The maximum absolute atomic E-state index is 9.57. The lowest BCUT2D eigenvalue weighted by atomic mass is 10.1. The monoisotopic (exact) mass is 340 g/mol. The zero-order valence-corrected chi connectivity index (χ0v) is 13.0. The molecule has 0 aromatic heterocycles. The molecular formula is C15H14BrClO2. The van der Waals surface area contributed by atoms with E-state index in [1.807, 2.05) is 43.3 Å². The van der Waals surface area contributed by atoms with Crippen molar-refractivity contribution in [2.45, 2.75) is 20.0 Å². The Morgan fingerprint density at radius 1 is 1.21 bits per heavy atom. The van der Waals surface area contributed by atoms with Crippen LogP contribution in [-0.4, -0.2) is 5.11 Å². The third kappa shape index (κ3) is 3.50. The van der Waals surface area contributed by atoms with Gasteiger partial charge < -0.3 is 9.84 Å². The minimum Gasteiger partial charge on any atom is -0.456 e. The predicted molar refractivity (Wildman–Crippen MR) is 81.0 cm³/mol. The van der Waals surface area contributed by atoms with Gasteiger partial charge in [0.15, 0.2) is 0 Å². The average molecular weight is 342 g/mol. The minimum atomic E-state index is -0.522. The van der Waals surface area contributed by atoms with Crippen LogP contribution in [0.2, 0.25) is 5.02 Å². The van der Waals surface area contributed by atoms with Gasteiger partial charge in [-0.2, -0.15) is 0 Å². The molecule has 0 saturated carbocycles. The summed E-state index contributed by atoms with van der Waals surface area (Å²) in [4.78, 5) is 0. The van der Waals surface area contributed by atoms with Gasteiger partial charge in [-0.25, -0.2) is 0 Å². The highest BCUT2D eigenvalue weighted by Gasteiger charge is 2.09. The molecular weight excluding hydrogens is 328 g/mol. The molecule has 2 rings (SSSR count). The number of hydrogen-bond acceptors (Lipinski definition) is 2. The maximum atomic E-state index is 9.57. The summed E-state index contributed by atoms with van der Waals surface area (Å²) in [6, 6.07) is 11.1. The zero-order valence-electron chi connectivity index (χ0n) is 10.7. The molecule has 0 bridgehead atoms. The van der Waals surface area contributed by atoms with Gasteiger partial charge >= 0.3 is 0 Å². The van der Waals surface area contributed by atoms with Crippen LogP contribution < -0.4 is 4.74 Å². The van der Waals surface area contributed by atoms with E-state index in [2.05, 4.69) is 15.9 Å². The fourth-order valence-electron chi connectivity index (χ4n) is 1.73. The van der Waals surface area contributed by atoms with Crippen molar-refractivity contribution in [3.8, 4) is 11.5 Å². The second-order valence-electron chi connectivity index (χ2n) is 4.40. The van der Waals surface area contributed by atoms with Crippen molar-refractivity contribution < 1.29 is 9.84 Å². The van der Waals surface area contributed by atoms with Crippen LogP contribution in [0, 0.1) is 6.92 Å². The van der Waals surface area contributed by atoms with E-state index in [9.17, 15) is 5.11 Å². The topological polar surface area (TPSA) is 29.5 Å². The van der Waals surface area contributed by atoms with Crippen LogP contribution in [0.15, 0.2) is 40.9 Å². The second-order valence-corrected chi connectivity index (χ2v) is 5.66. The summed E-state index contributed by atoms with van der Waals surface area (Å²) in [7, 11) is 0. The largest absolute Gasteiger partial charge is 0.456 e. The van der Waals surface area contributed by atoms with Gasteiger partial charge in [-0.15, -0.1) is 0 Å². The summed E-state index contributed by atoms with van der Waals surface area (Å²) in [6.45, 7) is 3.70. The van der Waals surface area contributed by atoms with Gasteiger partial charge in [-0.05, 0) is 49.2 Å². The predicted octanol–water partition coefficient (Wildman–Crippen LogP) is 5.26. The molecule has 0 radical (unpaired) electrons. The molecule has 0 amide bonds.